The number of ether oxygens (including phenoxy) is 1. The summed E-state index contributed by atoms with van der Waals surface area (Å²) in [6.45, 7) is 0.150. The number of rotatable bonds is 4. The van der Waals surface area contributed by atoms with Gasteiger partial charge in [-0.15, -0.1) is 11.3 Å². The molecule has 1 aromatic carbocycles. The maximum atomic E-state index is 12.4. The van der Waals surface area contributed by atoms with Crippen LogP contribution in [0.1, 0.15) is 21.7 Å². The van der Waals surface area contributed by atoms with Crippen LogP contribution in [-0.4, -0.2) is 28.4 Å². The molecule has 2 amide bonds. The second-order valence-corrected chi connectivity index (χ2v) is 6.90. The van der Waals surface area contributed by atoms with E-state index in [-0.39, 0.29) is 31.3 Å². The lowest BCUT2D eigenvalue weighted by Gasteiger charge is -2.18. The molecule has 0 fully saturated rings. The molecule has 4 rings (SSSR count). The van der Waals surface area contributed by atoms with Crippen LogP contribution in [0.5, 0.6) is 5.75 Å². The summed E-state index contributed by atoms with van der Waals surface area (Å²) in [5.74, 6) is -0.308. The largest absolute Gasteiger partial charge is 0.482 e. The van der Waals surface area contributed by atoms with Gasteiger partial charge in [0, 0.05) is 6.54 Å². The van der Waals surface area contributed by atoms with Crippen LogP contribution in [0.4, 0.5) is 5.69 Å². The fraction of sp³-hybridized carbons (Fsp3) is 0.167. The Morgan fingerprint density at radius 3 is 3.07 bits per heavy atom. The van der Waals surface area contributed by atoms with Crippen LogP contribution in [0.15, 0.2) is 28.4 Å². The second-order valence-electron chi connectivity index (χ2n) is 6.04. The smallest absolute Gasteiger partial charge is 0.287 e. The fourth-order valence-corrected chi connectivity index (χ4v) is 3.78. The normalized spacial score (nSPS) is 12.6. The van der Waals surface area contributed by atoms with Gasteiger partial charge in [0.2, 0.25) is 5.82 Å². The van der Waals surface area contributed by atoms with Gasteiger partial charge >= 0.3 is 0 Å². The number of nitrogens with zero attached hydrogens (tertiary/aromatic N) is 2. The number of thiophene rings is 1. The van der Waals surface area contributed by atoms with E-state index in [0.717, 1.165) is 5.56 Å². The number of nitriles is 1. The molecule has 28 heavy (non-hydrogen) atoms. The second kappa shape index (κ2) is 7.13. The molecule has 0 unspecified atom stereocenters. The van der Waals surface area contributed by atoms with Crippen LogP contribution in [0.25, 0.3) is 10.2 Å². The average Bonchev–Trinajstić information content (AvgIpc) is 3.09. The molecule has 140 valence electrons. The van der Waals surface area contributed by atoms with Crippen molar-refractivity contribution >= 4 is 39.1 Å². The van der Waals surface area contributed by atoms with E-state index in [9.17, 15) is 14.4 Å². The molecule has 0 aliphatic carbocycles. The molecular weight excluding hydrogens is 382 g/mol. The number of carbonyl (C=O) groups excluding carboxylic acids is 2. The number of nitrogens with one attached hydrogen (secondary N) is 3. The fourth-order valence-electron chi connectivity index (χ4n) is 2.84. The molecule has 3 heterocycles. The highest BCUT2D eigenvalue weighted by molar-refractivity contribution is 7.16. The van der Waals surface area contributed by atoms with Crippen molar-refractivity contribution in [3.63, 3.8) is 0 Å². The average molecular weight is 395 g/mol. The van der Waals surface area contributed by atoms with Gasteiger partial charge in [-0.3, -0.25) is 14.4 Å². The maximum absolute atomic E-state index is 12.4. The first-order valence-electron chi connectivity index (χ1n) is 8.26. The molecule has 0 radical (unpaired) electrons. The van der Waals surface area contributed by atoms with Gasteiger partial charge < -0.3 is 20.4 Å². The molecule has 1 aliphatic rings. The lowest BCUT2D eigenvalue weighted by Crippen LogP contribution is -2.28. The zero-order valence-corrected chi connectivity index (χ0v) is 15.2. The third-order valence-electron chi connectivity index (χ3n) is 4.13. The number of fused-ring (bicyclic) bond motifs is 2. The van der Waals surface area contributed by atoms with Crippen LogP contribution in [0.3, 0.4) is 0 Å². The van der Waals surface area contributed by atoms with E-state index >= 15 is 0 Å². The van der Waals surface area contributed by atoms with E-state index in [4.69, 9.17) is 10.00 Å². The van der Waals surface area contributed by atoms with Crippen LogP contribution in [-0.2, 0) is 17.8 Å². The van der Waals surface area contributed by atoms with Gasteiger partial charge in [-0.25, -0.2) is 4.98 Å². The van der Waals surface area contributed by atoms with Gasteiger partial charge in [0.15, 0.2) is 6.61 Å². The van der Waals surface area contributed by atoms with Crippen molar-refractivity contribution in [3.8, 4) is 11.8 Å². The number of hydrogen-bond acceptors (Lipinski definition) is 7. The molecule has 3 aromatic rings. The number of carbonyl (C=O) groups is 2. The Bertz CT molecular complexity index is 1210. The summed E-state index contributed by atoms with van der Waals surface area (Å²) in [6.07, 6.45) is 0.106. The van der Waals surface area contributed by atoms with Gasteiger partial charge in [-0.1, -0.05) is 6.07 Å². The van der Waals surface area contributed by atoms with Crippen molar-refractivity contribution in [3.05, 3.63) is 50.9 Å². The molecule has 0 spiro atoms. The number of benzene rings is 1. The Kier molecular flexibility index (Phi) is 4.50. The number of hydrogen-bond donors (Lipinski definition) is 3. The monoisotopic (exact) mass is 395 g/mol. The predicted molar refractivity (Wildman–Crippen MR) is 101 cm³/mol. The van der Waals surface area contributed by atoms with E-state index in [1.165, 1.54) is 11.3 Å². The number of H-pyrrole nitrogens is 1. The molecule has 0 saturated carbocycles. The summed E-state index contributed by atoms with van der Waals surface area (Å²) >= 11 is 1.21. The molecule has 0 bridgehead atoms. The Balaban J connectivity index is 1.51. The van der Waals surface area contributed by atoms with Gasteiger partial charge in [-0.05, 0) is 28.6 Å². The van der Waals surface area contributed by atoms with E-state index in [1.807, 2.05) is 6.07 Å². The summed E-state index contributed by atoms with van der Waals surface area (Å²) in [7, 11) is 0. The van der Waals surface area contributed by atoms with Crippen molar-refractivity contribution < 1.29 is 14.3 Å². The highest BCUT2D eigenvalue weighted by atomic mass is 32.1. The molecule has 1 aliphatic heterocycles. The van der Waals surface area contributed by atoms with Crippen LogP contribution < -0.4 is 20.9 Å². The summed E-state index contributed by atoms with van der Waals surface area (Å²) in [4.78, 5) is 43.2. The molecular formula is C18H13N5O4S. The third-order valence-corrected chi connectivity index (χ3v) is 5.06. The van der Waals surface area contributed by atoms with Gasteiger partial charge in [-0.2, -0.15) is 5.26 Å². The molecule has 10 heteroatoms. The molecule has 0 saturated heterocycles. The van der Waals surface area contributed by atoms with E-state index in [0.29, 0.717) is 27.2 Å². The first-order chi connectivity index (χ1) is 13.5. The van der Waals surface area contributed by atoms with Gasteiger partial charge in [0.1, 0.15) is 10.6 Å². The van der Waals surface area contributed by atoms with Crippen molar-refractivity contribution in [1.82, 2.24) is 15.3 Å². The van der Waals surface area contributed by atoms with Crippen molar-refractivity contribution in [1.29, 1.82) is 5.26 Å². The highest BCUT2D eigenvalue weighted by Gasteiger charge is 2.17. The standard InChI is InChI=1S/C18H13N5O4S/c19-4-3-10-8-28-18-14(10)16(25)22-15(23-18)17(26)20-6-9-1-2-12-11(5-9)21-13(24)7-27-12/h1-2,5,8H,3,6-7H2,(H,20,26)(H,21,24)(H,22,23,25). The Morgan fingerprint density at radius 1 is 1.39 bits per heavy atom. The first kappa shape index (κ1) is 17.7. The summed E-state index contributed by atoms with van der Waals surface area (Å²) in [5.41, 5.74) is 1.44. The summed E-state index contributed by atoms with van der Waals surface area (Å²) < 4.78 is 5.29. The van der Waals surface area contributed by atoms with Crippen LogP contribution in [0, 0.1) is 11.3 Å². The zero-order chi connectivity index (χ0) is 19.7. The van der Waals surface area contributed by atoms with Gasteiger partial charge in [0.25, 0.3) is 17.4 Å². The lowest BCUT2D eigenvalue weighted by atomic mass is 10.1. The quantitative estimate of drug-likeness (QED) is 0.609. The predicted octanol–water partition coefficient (Wildman–Crippen LogP) is 1.31. The molecule has 0 atom stereocenters. The van der Waals surface area contributed by atoms with Crippen molar-refractivity contribution in [2.45, 2.75) is 13.0 Å². The van der Waals surface area contributed by atoms with E-state index < -0.39 is 11.5 Å². The van der Waals surface area contributed by atoms with Crippen LogP contribution in [0.2, 0.25) is 0 Å². The number of aromatic nitrogens is 2. The van der Waals surface area contributed by atoms with Crippen molar-refractivity contribution in [2.75, 3.05) is 11.9 Å². The molecule has 3 N–H and O–H groups in total. The summed E-state index contributed by atoms with van der Waals surface area (Å²) in [5, 5.41) is 16.2. The van der Waals surface area contributed by atoms with E-state index in [2.05, 4.69) is 20.6 Å². The van der Waals surface area contributed by atoms with Gasteiger partial charge in [0.05, 0.1) is 23.6 Å². The number of aromatic amines is 1. The maximum Gasteiger partial charge on any atom is 0.287 e. The minimum atomic E-state index is -0.535. The lowest BCUT2D eigenvalue weighted by molar-refractivity contribution is -0.118. The third kappa shape index (κ3) is 3.30. The minimum absolute atomic E-state index is 0.0244. The number of anilines is 1. The summed E-state index contributed by atoms with van der Waals surface area (Å²) in [6, 6.07) is 7.19. The zero-order valence-electron chi connectivity index (χ0n) is 14.4. The first-order valence-corrected chi connectivity index (χ1v) is 9.14. The Morgan fingerprint density at radius 2 is 2.25 bits per heavy atom. The van der Waals surface area contributed by atoms with Crippen LogP contribution >= 0.6 is 11.3 Å². The Labute approximate surface area is 162 Å². The number of amides is 2. The minimum Gasteiger partial charge on any atom is -0.482 e. The molecule has 9 nitrogen and oxygen atoms in total. The SMILES string of the molecule is N#CCc1csc2nc(C(=O)NCc3ccc4c(c3)NC(=O)CO4)[nH]c(=O)c12. The molecule has 2 aromatic heterocycles. The highest BCUT2D eigenvalue weighted by Crippen LogP contribution is 2.28. The van der Waals surface area contributed by atoms with E-state index in [1.54, 1.807) is 23.6 Å². The topological polar surface area (TPSA) is 137 Å². The van der Waals surface area contributed by atoms with Crippen molar-refractivity contribution in [2.24, 2.45) is 0 Å². The Hall–Kier alpha value is -3.71.